The van der Waals surface area contributed by atoms with Crippen molar-refractivity contribution in [2.75, 3.05) is 0 Å². The zero-order chi connectivity index (χ0) is 12.8. The van der Waals surface area contributed by atoms with E-state index in [1.54, 1.807) is 0 Å². The highest BCUT2D eigenvalue weighted by Crippen LogP contribution is 2.26. The van der Waals surface area contributed by atoms with Gasteiger partial charge in [-0.2, -0.15) is 5.26 Å². The van der Waals surface area contributed by atoms with Crippen LogP contribution in [0.25, 0.3) is 0 Å². The van der Waals surface area contributed by atoms with E-state index in [-0.39, 0.29) is 0 Å². The van der Waals surface area contributed by atoms with Crippen LogP contribution >= 0.6 is 0 Å². The van der Waals surface area contributed by atoms with Crippen LogP contribution in [0, 0.1) is 17.2 Å². The lowest BCUT2D eigenvalue weighted by atomic mass is 9.84. The van der Waals surface area contributed by atoms with Gasteiger partial charge in [-0.15, -0.1) is 0 Å². The SMILES string of the molecule is CCC1CCCC(NCc2ccccc2C#N)C1. The molecule has 2 unspecified atom stereocenters. The zero-order valence-electron chi connectivity index (χ0n) is 11.2. The van der Waals surface area contributed by atoms with E-state index in [0.717, 1.165) is 23.6 Å². The predicted molar refractivity (Wildman–Crippen MR) is 74.0 cm³/mol. The standard InChI is InChI=1S/C16H22N2/c1-2-13-6-5-9-16(10-13)18-12-15-8-4-3-7-14(15)11-17/h3-4,7-8,13,16,18H,2,5-6,9-10,12H2,1H3. The largest absolute Gasteiger partial charge is 0.310 e. The number of rotatable bonds is 4. The number of nitrogens with one attached hydrogen (secondary N) is 1. The molecule has 0 amide bonds. The summed E-state index contributed by atoms with van der Waals surface area (Å²) in [5.74, 6) is 0.891. The Morgan fingerprint density at radius 3 is 2.94 bits per heavy atom. The van der Waals surface area contributed by atoms with Crippen molar-refractivity contribution in [3.8, 4) is 6.07 Å². The second kappa shape index (κ2) is 6.56. The van der Waals surface area contributed by atoms with Crippen LogP contribution in [-0.2, 0) is 6.54 Å². The summed E-state index contributed by atoms with van der Waals surface area (Å²) in [4.78, 5) is 0. The molecule has 0 aliphatic heterocycles. The average Bonchev–Trinajstić information content (AvgIpc) is 2.45. The Morgan fingerprint density at radius 2 is 2.17 bits per heavy atom. The molecule has 1 aliphatic rings. The van der Waals surface area contributed by atoms with Crippen LogP contribution in [-0.4, -0.2) is 6.04 Å². The summed E-state index contributed by atoms with van der Waals surface area (Å²) >= 11 is 0. The number of hydrogen-bond acceptors (Lipinski definition) is 2. The van der Waals surface area contributed by atoms with Gasteiger partial charge in [-0.1, -0.05) is 44.4 Å². The van der Waals surface area contributed by atoms with Crippen LogP contribution in [0.15, 0.2) is 24.3 Å². The van der Waals surface area contributed by atoms with E-state index in [4.69, 9.17) is 5.26 Å². The highest BCUT2D eigenvalue weighted by atomic mass is 14.9. The fourth-order valence-electron chi connectivity index (χ4n) is 2.89. The van der Waals surface area contributed by atoms with Crippen LogP contribution in [0.5, 0.6) is 0 Å². The van der Waals surface area contributed by atoms with Crippen molar-refractivity contribution in [2.45, 2.75) is 51.6 Å². The zero-order valence-corrected chi connectivity index (χ0v) is 11.2. The van der Waals surface area contributed by atoms with Gasteiger partial charge >= 0.3 is 0 Å². The van der Waals surface area contributed by atoms with Crippen LogP contribution in [0.3, 0.4) is 0 Å². The van der Waals surface area contributed by atoms with Crippen molar-refractivity contribution in [1.29, 1.82) is 5.26 Å². The number of nitrogens with zero attached hydrogens (tertiary/aromatic N) is 1. The minimum absolute atomic E-state index is 0.635. The molecule has 0 spiro atoms. The van der Waals surface area contributed by atoms with Crippen LogP contribution in [0.2, 0.25) is 0 Å². The van der Waals surface area contributed by atoms with Gasteiger partial charge in [0.1, 0.15) is 0 Å². The maximum atomic E-state index is 9.06. The molecule has 96 valence electrons. The normalized spacial score (nSPS) is 23.6. The van der Waals surface area contributed by atoms with Gasteiger partial charge in [0.2, 0.25) is 0 Å². The fraction of sp³-hybridized carbons (Fsp3) is 0.562. The van der Waals surface area contributed by atoms with E-state index >= 15 is 0 Å². The van der Waals surface area contributed by atoms with Crippen molar-refractivity contribution >= 4 is 0 Å². The molecular weight excluding hydrogens is 220 g/mol. The first-order valence-electron chi connectivity index (χ1n) is 7.05. The topological polar surface area (TPSA) is 35.8 Å². The fourth-order valence-corrected chi connectivity index (χ4v) is 2.89. The number of hydrogen-bond donors (Lipinski definition) is 1. The number of nitriles is 1. The summed E-state index contributed by atoms with van der Waals surface area (Å²) in [6.45, 7) is 3.11. The molecule has 1 fully saturated rings. The van der Waals surface area contributed by atoms with Gasteiger partial charge in [-0.05, 0) is 30.4 Å². The molecule has 2 rings (SSSR count). The van der Waals surface area contributed by atoms with Crippen molar-refractivity contribution < 1.29 is 0 Å². The maximum absolute atomic E-state index is 9.06. The van der Waals surface area contributed by atoms with Crippen molar-refractivity contribution in [3.63, 3.8) is 0 Å². The molecule has 0 heterocycles. The third-order valence-corrected chi connectivity index (χ3v) is 4.08. The van der Waals surface area contributed by atoms with E-state index in [0.29, 0.717) is 6.04 Å². The third kappa shape index (κ3) is 3.34. The molecule has 18 heavy (non-hydrogen) atoms. The molecule has 1 aromatic rings. The van der Waals surface area contributed by atoms with E-state index in [1.165, 1.54) is 32.1 Å². The van der Waals surface area contributed by atoms with Crippen LogP contribution < -0.4 is 5.32 Å². The second-order valence-corrected chi connectivity index (χ2v) is 5.29. The first-order chi connectivity index (χ1) is 8.83. The van der Waals surface area contributed by atoms with Gasteiger partial charge in [0.05, 0.1) is 11.6 Å². The molecule has 2 atom stereocenters. The van der Waals surface area contributed by atoms with Crippen LogP contribution in [0.1, 0.15) is 50.2 Å². The highest BCUT2D eigenvalue weighted by Gasteiger charge is 2.20. The van der Waals surface area contributed by atoms with E-state index in [9.17, 15) is 0 Å². The minimum Gasteiger partial charge on any atom is -0.310 e. The molecule has 0 saturated heterocycles. The number of benzene rings is 1. The summed E-state index contributed by atoms with van der Waals surface area (Å²) in [5.41, 5.74) is 1.92. The van der Waals surface area contributed by atoms with E-state index < -0.39 is 0 Å². The molecule has 2 nitrogen and oxygen atoms in total. The third-order valence-electron chi connectivity index (χ3n) is 4.08. The Balaban J connectivity index is 1.89. The lowest BCUT2D eigenvalue weighted by molar-refractivity contribution is 0.278. The van der Waals surface area contributed by atoms with Crippen molar-refractivity contribution in [3.05, 3.63) is 35.4 Å². The Bertz CT molecular complexity index is 419. The van der Waals surface area contributed by atoms with Gasteiger partial charge < -0.3 is 5.32 Å². The Labute approximate surface area is 110 Å². The average molecular weight is 242 g/mol. The molecule has 1 N–H and O–H groups in total. The lowest BCUT2D eigenvalue weighted by Crippen LogP contribution is -2.33. The molecule has 0 bridgehead atoms. The molecule has 2 heteroatoms. The molecular formula is C16H22N2. The minimum atomic E-state index is 0.635. The van der Waals surface area contributed by atoms with Gasteiger partial charge in [-0.3, -0.25) is 0 Å². The van der Waals surface area contributed by atoms with Crippen molar-refractivity contribution in [2.24, 2.45) is 5.92 Å². The van der Waals surface area contributed by atoms with E-state index in [2.05, 4.69) is 18.3 Å². The predicted octanol–water partition coefficient (Wildman–Crippen LogP) is 3.62. The quantitative estimate of drug-likeness (QED) is 0.875. The van der Waals surface area contributed by atoms with Gasteiger partial charge in [0, 0.05) is 12.6 Å². The molecule has 0 radical (unpaired) electrons. The maximum Gasteiger partial charge on any atom is 0.0995 e. The summed E-state index contributed by atoms with van der Waals surface area (Å²) in [7, 11) is 0. The Hall–Kier alpha value is -1.33. The highest BCUT2D eigenvalue weighted by molar-refractivity contribution is 5.37. The smallest absolute Gasteiger partial charge is 0.0995 e. The van der Waals surface area contributed by atoms with E-state index in [1.807, 2.05) is 24.3 Å². The summed E-state index contributed by atoms with van der Waals surface area (Å²) in [6.07, 6.45) is 6.61. The Kier molecular flexibility index (Phi) is 4.78. The molecule has 1 aromatic carbocycles. The van der Waals surface area contributed by atoms with Gasteiger partial charge in [0.25, 0.3) is 0 Å². The molecule has 0 aromatic heterocycles. The van der Waals surface area contributed by atoms with Crippen molar-refractivity contribution in [1.82, 2.24) is 5.32 Å². The summed E-state index contributed by atoms with van der Waals surface area (Å²) in [5, 5.41) is 12.7. The van der Waals surface area contributed by atoms with Gasteiger partial charge in [0.15, 0.2) is 0 Å². The second-order valence-electron chi connectivity index (χ2n) is 5.29. The van der Waals surface area contributed by atoms with Gasteiger partial charge in [-0.25, -0.2) is 0 Å². The molecule has 1 aliphatic carbocycles. The monoisotopic (exact) mass is 242 g/mol. The Morgan fingerprint density at radius 1 is 1.33 bits per heavy atom. The first kappa shape index (κ1) is 13.1. The summed E-state index contributed by atoms with van der Waals surface area (Å²) < 4.78 is 0. The lowest BCUT2D eigenvalue weighted by Gasteiger charge is -2.29. The van der Waals surface area contributed by atoms with Crippen LogP contribution in [0.4, 0.5) is 0 Å². The summed E-state index contributed by atoms with van der Waals surface area (Å²) in [6, 6.07) is 10.8. The first-order valence-corrected chi connectivity index (χ1v) is 7.05. The molecule has 1 saturated carbocycles.